The summed E-state index contributed by atoms with van der Waals surface area (Å²) >= 11 is 6.25. The number of hydrogen-bond acceptors (Lipinski definition) is 5. The highest BCUT2D eigenvalue weighted by Crippen LogP contribution is 2.35. The van der Waals surface area contributed by atoms with Gasteiger partial charge < -0.3 is 15.0 Å². The number of carbonyl (C=O) groups excluding carboxylic acids is 2. The van der Waals surface area contributed by atoms with Gasteiger partial charge in [0.1, 0.15) is 18.3 Å². The lowest BCUT2D eigenvalue weighted by molar-refractivity contribution is -0.139. The van der Waals surface area contributed by atoms with Crippen LogP contribution < -0.4 is 14.4 Å². The molecule has 0 saturated carbocycles. The molecule has 0 radical (unpaired) electrons. The lowest BCUT2D eigenvalue weighted by atomic mass is 10.1. The smallest absolute Gasteiger partial charge is 0.264 e. The van der Waals surface area contributed by atoms with Crippen molar-refractivity contribution in [2.75, 3.05) is 18.0 Å². The number of halogens is 1. The molecular formula is C29H34ClN3O5S. The van der Waals surface area contributed by atoms with Crippen LogP contribution in [0.1, 0.15) is 32.8 Å². The normalized spacial score (nSPS) is 12.7. The molecule has 0 aliphatic rings. The van der Waals surface area contributed by atoms with Crippen LogP contribution in [0.25, 0.3) is 0 Å². The molecule has 0 saturated heterocycles. The maximum Gasteiger partial charge on any atom is 0.264 e. The molecule has 0 unspecified atom stereocenters. The standard InChI is InChI=1S/C29H34ClN3O5S/c1-5-21(2)31-29(35)22(3)32(19-23-12-8-6-9-13-23)28(34)20-33(26-18-24(30)16-17-27(26)38-4)39(36,37)25-14-10-7-11-15-25/h6-18,21-22H,5,19-20H2,1-4H3,(H,31,35)/t21-,22+/m1/s1. The molecule has 3 aromatic rings. The third-order valence-corrected chi connectivity index (χ3v) is 8.39. The molecule has 0 fully saturated rings. The average molecular weight is 572 g/mol. The van der Waals surface area contributed by atoms with Gasteiger partial charge in [0.2, 0.25) is 11.8 Å². The molecule has 0 spiro atoms. The number of rotatable bonds is 12. The monoisotopic (exact) mass is 571 g/mol. The number of methoxy groups -OCH3 is 1. The molecule has 39 heavy (non-hydrogen) atoms. The number of benzene rings is 3. The molecule has 0 aromatic heterocycles. The summed E-state index contributed by atoms with van der Waals surface area (Å²) in [6.45, 7) is 5.00. The van der Waals surface area contributed by atoms with E-state index in [2.05, 4.69) is 5.32 Å². The van der Waals surface area contributed by atoms with Crippen molar-refractivity contribution in [2.24, 2.45) is 0 Å². The zero-order valence-corrected chi connectivity index (χ0v) is 24.1. The lowest BCUT2D eigenvalue weighted by Gasteiger charge is -2.32. The van der Waals surface area contributed by atoms with Crippen LogP contribution >= 0.6 is 11.6 Å². The Morgan fingerprint density at radius 1 is 0.974 bits per heavy atom. The Labute approximate surface area is 235 Å². The Hall–Kier alpha value is -3.56. The fourth-order valence-electron chi connectivity index (χ4n) is 3.92. The second-order valence-corrected chi connectivity index (χ2v) is 11.4. The van der Waals surface area contributed by atoms with Crippen molar-refractivity contribution < 1.29 is 22.7 Å². The summed E-state index contributed by atoms with van der Waals surface area (Å²) in [6.07, 6.45) is 0.725. The van der Waals surface area contributed by atoms with E-state index in [-0.39, 0.29) is 39.8 Å². The highest BCUT2D eigenvalue weighted by molar-refractivity contribution is 7.92. The zero-order chi connectivity index (χ0) is 28.6. The Kier molecular flexibility index (Phi) is 10.4. The third kappa shape index (κ3) is 7.52. The van der Waals surface area contributed by atoms with Gasteiger partial charge in [-0.25, -0.2) is 8.42 Å². The van der Waals surface area contributed by atoms with E-state index in [0.717, 1.165) is 16.3 Å². The summed E-state index contributed by atoms with van der Waals surface area (Å²) in [5.74, 6) is -0.664. The first-order valence-electron chi connectivity index (χ1n) is 12.6. The second kappa shape index (κ2) is 13.5. The predicted molar refractivity (Wildman–Crippen MR) is 153 cm³/mol. The summed E-state index contributed by atoms with van der Waals surface area (Å²) in [7, 11) is -2.82. The molecule has 8 nitrogen and oxygen atoms in total. The van der Waals surface area contributed by atoms with Crippen molar-refractivity contribution in [3.63, 3.8) is 0 Å². The highest BCUT2D eigenvalue weighted by atomic mass is 35.5. The molecule has 0 bridgehead atoms. The van der Waals surface area contributed by atoms with Crippen LogP contribution in [0.5, 0.6) is 5.75 Å². The highest BCUT2D eigenvalue weighted by Gasteiger charge is 2.34. The van der Waals surface area contributed by atoms with E-state index in [0.29, 0.717) is 0 Å². The van der Waals surface area contributed by atoms with Crippen molar-refractivity contribution in [2.45, 2.75) is 50.7 Å². The maximum atomic E-state index is 14.0. The van der Waals surface area contributed by atoms with Crippen LogP contribution in [0.15, 0.2) is 83.8 Å². The minimum Gasteiger partial charge on any atom is -0.495 e. The Balaban J connectivity index is 2.07. The Morgan fingerprint density at radius 2 is 1.59 bits per heavy atom. The van der Waals surface area contributed by atoms with Gasteiger partial charge in [0.25, 0.3) is 10.0 Å². The maximum absolute atomic E-state index is 14.0. The van der Waals surface area contributed by atoms with Crippen LogP contribution in [-0.4, -0.2) is 50.9 Å². The molecule has 1 N–H and O–H groups in total. The molecule has 3 aromatic carbocycles. The first kappa shape index (κ1) is 30.0. The number of amides is 2. The minimum atomic E-state index is -4.23. The number of carbonyl (C=O) groups is 2. The number of nitrogens with one attached hydrogen (secondary N) is 1. The summed E-state index contributed by atoms with van der Waals surface area (Å²) in [4.78, 5) is 28.4. The molecule has 10 heteroatoms. The van der Waals surface area contributed by atoms with E-state index in [1.165, 1.54) is 30.2 Å². The summed E-state index contributed by atoms with van der Waals surface area (Å²) in [5.41, 5.74) is 0.908. The van der Waals surface area contributed by atoms with Crippen LogP contribution in [0.4, 0.5) is 5.69 Å². The Bertz CT molecular complexity index is 1370. The van der Waals surface area contributed by atoms with Gasteiger partial charge in [-0.2, -0.15) is 0 Å². The first-order chi connectivity index (χ1) is 18.6. The average Bonchev–Trinajstić information content (AvgIpc) is 2.94. The Morgan fingerprint density at radius 3 is 2.18 bits per heavy atom. The van der Waals surface area contributed by atoms with E-state index in [1.54, 1.807) is 37.3 Å². The van der Waals surface area contributed by atoms with Crippen molar-refractivity contribution in [1.82, 2.24) is 10.2 Å². The van der Waals surface area contributed by atoms with Crippen molar-refractivity contribution in [3.05, 3.63) is 89.4 Å². The van der Waals surface area contributed by atoms with E-state index in [9.17, 15) is 18.0 Å². The largest absolute Gasteiger partial charge is 0.495 e. The minimum absolute atomic E-state index is 0.00278. The van der Waals surface area contributed by atoms with Crippen LogP contribution in [0, 0.1) is 0 Å². The van der Waals surface area contributed by atoms with Gasteiger partial charge in [-0.1, -0.05) is 67.1 Å². The van der Waals surface area contributed by atoms with E-state index in [1.807, 2.05) is 44.2 Å². The van der Waals surface area contributed by atoms with Crippen LogP contribution in [0.2, 0.25) is 5.02 Å². The molecular weight excluding hydrogens is 538 g/mol. The fourth-order valence-corrected chi connectivity index (χ4v) is 5.52. The second-order valence-electron chi connectivity index (χ2n) is 9.14. The third-order valence-electron chi connectivity index (χ3n) is 6.38. The van der Waals surface area contributed by atoms with Gasteiger partial charge in [-0.3, -0.25) is 13.9 Å². The molecule has 3 rings (SSSR count). The summed E-state index contributed by atoms with van der Waals surface area (Å²) in [5, 5.41) is 3.19. The predicted octanol–water partition coefficient (Wildman–Crippen LogP) is 4.88. The topological polar surface area (TPSA) is 96.0 Å². The lowest BCUT2D eigenvalue weighted by Crippen LogP contribution is -2.52. The van der Waals surface area contributed by atoms with Crippen molar-refractivity contribution in [1.29, 1.82) is 0 Å². The number of anilines is 1. The fraction of sp³-hybridized carbons (Fsp3) is 0.310. The van der Waals surface area contributed by atoms with Gasteiger partial charge >= 0.3 is 0 Å². The molecule has 2 amide bonds. The SMILES string of the molecule is CC[C@@H](C)NC(=O)[C@H](C)N(Cc1ccccc1)C(=O)CN(c1cc(Cl)ccc1OC)S(=O)(=O)c1ccccc1. The molecule has 0 heterocycles. The molecule has 208 valence electrons. The van der Waals surface area contributed by atoms with Crippen molar-refractivity contribution in [3.8, 4) is 5.75 Å². The number of sulfonamides is 1. The quantitative estimate of drug-likeness (QED) is 0.334. The van der Waals surface area contributed by atoms with E-state index < -0.39 is 28.5 Å². The van der Waals surface area contributed by atoms with Gasteiger partial charge in [-0.15, -0.1) is 0 Å². The molecule has 0 aliphatic heterocycles. The van der Waals surface area contributed by atoms with Crippen LogP contribution in [0.3, 0.4) is 0 Å². The van der Waals surface area contributed by atoms with Crippen molar-refractivity contribution >= 4 is 39.1 Å². The van der Waals surface area contributed by atoms with Gasteiger partial charge in [0.15, 0.2) is 0 Å². The van der Waals surface area contributed by atoms with Gasteiger partial charge in [0.05, 0.1) is 17.7 Å². The van der Waals surface area contributed by atoms with Gasteiger partial charge in [0, 0.05) is 17.6 Å². The van der Waals surface area contributed by atoms with Crippen LogP contribution in [-0.2, 0) is 26.2 Å². The molecule has 0 aliphatic carbocycles. The zero-order valence-electron chi connectivity index (χ0n) is 22.5. The molecule has 2 atom stereocenters. The first-order valence-corrected chi connectivity index (χ1v) is 14.4. The number of nitrogens with zero attached hydrogens (tertiary/aromatic N) is 2. The van der Waals surface area contributed by atoms with E-state index in [4.69, 9.17) is 16.3 Å². The van der Waals surface area contributed by atoms with Gasteiger partial charge in [-0.05, 0) is 56.2 Å². The number of hydrogen-bond donors (Lipinski definition) is 1. The number of ether oxygens (including phenoxy) is 1. The summed E-state index contributed by atoms with van der Waals surface area (Å²) < 4.78 is 34.2. The summed E-state index contributed by atoms with van der Waals surface area (Å²) in [6, 6.07) is 20.6. The van der Waals surface area contributed by atoms with E-state index >= 15 is 0 Å².